The Morgan fingerprint density at radius 1 is 1.24 bits per heavy atom. The number of nitrogens with one attached hydrogen (secondary N) is 1. The molecule has 4 rings (SSSR count). The van der Waals surface area contributed by atoms with Gasteiger partial charge < -0.3 is 9.88 Å². The molecule has 3 aromatic rings. The maximum atomic E-state index is 12.7. The van der Waals surface area contributed by atoms with Crippen molar-refractivity contribution in [1.29, 1.82) is 0 Å². The number of carbonyl (C=O) groups is 1. The quantitative estimate of drug-likeness (QED) is 0.701. The molecule has 126 valence electrons. The fraction of sp³-hybridized carbons (Fsp3) is 0.200. The topological polar surface area (TPSA) is 49.0 Å². The van der Waals surface area contributed by atoms with Crippen LogP contribution in [0.5, 0.6) is 0 Å². The minimum absolute atomic E-state index is 0.00271. The van der Waals surface area contributed by atoms with Gasteiger partial charge in [-0.15, -0.1) is 0 Å². The number of aromatic amines is 1. The van der Waals surface area contributed by atoms with E-state index in [1.165, 1.54) is 0 Å². The monoisotopic (exact) mass is 351 g/mol. The third kappa shape index (κ3) is 3.30. The van der Waals surface area contributed by atoms with Gasteiger partial charge in [-0.05, 0) is 48.7 Å². The smallest absolute Gasteiger partial charge is 0.247 e. The van der Waals surface area contributed by atoms with Crippen LogP contribution in [0.1, 0.15) is 30.3 Å². The van der Waals surface area contributed by atoms with E-state index in [1.54, 1.807) is 6.08 Å². The molecule has 0 saturated carbocycles. The molecule has 0 spiro atoms. The number of halogens is 1. The third-order valence-corrected chi connectivity index (χ3v) is 4.76. The first-order chi connectivity index (χ1) is 12.2. The molecule has 1 fully saturated rings. The molecule has 1 aromatic heterocycles. The van der Waals surface area contributed by atoms with Gasteiger partial charge in [0.15, 0.2) is 0 Å². The van der Waals surface area contributed by atoms with Gasteiger partial charge in [0.1, 0.15) is 5.82 Å². The highest BCUT2D eigenvalue weighted by Gasteiger charge is 2.30. The summed E-state index contributed by atoms with van der Waals surface area (Å²) in [6, 6.07) is 15.4. The molecule has 2 heterocycles. The molecule has 1 saturated heterocycles. The van der Waals surface area contributed by atoms with E-state index < -0.39 is 0 Å². The number of aromatic nitrogens is 2. The number of para-hydroxylation sites is 2. The van der Waals surface area contributed by atoms with Gasteiger partial charge in [-0.2, -0.15) is 0 Å². The molecular weight excluding hydrogens is 334 g/mol. The Labute approximate surface area is 151 Å². The molecule has 4 nitrogen and oxygen atoms in total. The van der Waals surface area contributed by atoms with Crippen molar-refractivity contribution in [2.24, 2.45) is 0 Å². The van der Waals surface area contributed by atoms with Gasteiger partial charge in [-0.25, -0.2) is 4.98 Å². The van der Waals surface area contributed by atoms with Crippen molar-refractivity contribution >= 4 is 34.6 Å². The van der Waals surface area contributed by atoms with Crippen molar-refractivity contribution in [1.82, 2.24) is 14.9 Å². The second-order valence-electron chi connectivity index (χ2n) is 6.22. The maximum Gasteiger partial charge on any atom is 0.247 e. The van der Waals surface area contributed by atoms with Gasteiger partial charge in [0.05, 0.1) is 17.1 Å². The van der Waals surface area contributed by atoms with Gasteiger partial charge in [-0.1, -0.05) is 35.9 Å². The Morgan fingerprint density at radius 2 is 2.12 bits per heavy atom. The van der Waals surface area contributed by atoms with Crippen LogP contribution >= 0.6 is 11.6 Å². The van der Waals surface area contributed by atoms with Crippen LogP contribution in [0.15, 0.2) is 54.6 Å². The summed E-state index contributed by atoms with van der Waals surface area (Å²) in [7, 11) is 0. The minimum Gasteiger partial charge on any atom is -0.340 e. The fourth-order valence-electron chi connectivity index (χ4n) is 3.32. The average Bonchev–Trinajstić information content (AvgIpc) is 3.26. The van der Waals surface area contributed by atoms with Crippen molar-refractivity contribution in [3.05, 3.63) is 71.0 Å². The first kappa shape index (κ1) is 15.9. The van der Waals surface area contributed by atoms with Crippen molar-refractivity contribution in [2.45, 2.75) is 18.9 Å². The molecular formula is C20H18ClN3O. The lowest BCUT2D eigenvalue weighted by atomic mass is 10.2. The first-order valence-electron chi connectivity index (χ1n) is 8.39. The molecule has 0 bridgehead atoms. The van der Waals surface area contributed by atoms with E-state index in [0.717, 1.165) is 41.8 Å². The highest BCUT2D eigenvalue weighted by atomic mass is 35.5. The number of nitrogens with zero attached hydrogens (tertiary/aromatic N) is 2. The third-order valence-electron chi connectivity index (χ3n) is 4.53. The molecule has 1 aliphatic heterocycles. The second-order valence-corrected chi connectivity index (χ2v) is 6.65. The largest absolute Gasteiger partial charge is 0.340 e. The fourth-order valence-corrected chi connectivity index (χ4v) is 3.52. The Morgan fingerprint density at radius 3 is 2.96 bits per heavy atom. The Bertz CT molecular complexity index is 914. The number of benzene rings is 2. The summed E-state index contributed by atoms with van der Waals surface area (Å²) in [6.45, 7) is 0.750. The van der Waals surface area contributed by atoms with Crippen molar-refractivity contribution in [3.63, 3.8) is 0 Å². The zero-order valence-corrected chi connectivity index (χ0v) is 14.4. The number of likely N-dealkylation sites (tertiary alicyclic amines) is 1. The predicted molar refractivity (Wildman–Crippen MR) is 100 cm³/mol. The number of fused-ring (bicyclic) bond motifs is 1. The summed E-state index contributed by atoms with van der Waals surface area (Å²) in [4.78, 5) is 22.6. The normalized spacial score (nSPS) is 17.6. The molecule has 2 aromatic carbocycles. The Hall–Kier alpha value is -2.59. The van der Waals surface area contributed by atoms with E-state index in [2.05, 4.69) is 9.97 Å². The van der Waals surface area contributed by atoms with Crippen LogP contribution in [-0.2, 0) is 4.79 Å². The highest BCUT2D eigenvalue weighted by Crippen LogP contribution is 2.31. The molecule has 0 unspecified atom stereocenters. The molecule has 0 radical (unpaired) electrons. The lowest BCUT2D eigenvalue weighted by molar-refractivity contribution is -0.126. The molecule has 1 amide bonds. The van der Waals surface area contributed by atoms with Gasteiger partial charge >= 0.3 is 0 Å². The van der Waals surface area contributed by atoms with E-state index in [9.17, 15) is 4.79 Å². The van der Waals surface area contributed by atoms with Crippen LogP contribution < -0.4 is 0 Å². The van der Waals surface area contributed by atoms with E-state index in [0.29, 0.717) is 5.02 Å². The van der Waals surface area contributed by atoms with Crippen LogP contribution in [0.25, 0.3) is 17.1 Å². The predicted octanol–water partition coefficient (Wildman–Crippen LogP) is 4.59. The number of amides is 1. The molecule has 25 heavy (non-hydrogen) atoms. The lowest BCUT2D eigenvalue weighted by Crippen LogP contribution is -2.29. The molecule has 5 heteroatoms. The van der Waals surface area contributed by atoms with E-state index >= 15 is 0 Å². The zero-order valence-electron chi connectivity index (χ0n) is 13.7. The number of hydrogen-bond acceptors (Lipinski definition) is 2. The SMILES string of the molecule is O=C(/C=C/c1cccc(Cl)c1)N1CCC[C@@H]1c1nc2ccccc2[nH]1. The maximum absolute atomic E-state index is 12.7. The van der Waals surface area contributed by atoms with Crippen LogP contribution in [0.2, 0.25) is 5.02 Å². The molecule has 0 aliphatic carbocycles. The molecule has 1 aliphatic rings. The summed E-state index contributed by atoms with van der Waals surface area (Å²) in [5.74, 6) is 0.867. The summed E-state index contributed by atoms with van der Waals surface area (Å²) in [6.07, 6.45) is 5.34. The summed E-state index contributed by atoms with van der Waals surface area (Å²) in [5, 5.41) is 0.663. The first-order valence-corrected chi connectivity index (χ1v) is 8.77. The number of H-pyrrole nitrogens is 1. The van der Waals surface area contributed by atoms with Crippen LogP contribution in [0, 0.1) is 0 Å². The van der Waals surface area contributed by atoms with Crippen LogP contribution in [0.3, 0.4) is 0 Å². The average molecular weight is 352 g/mol. The lowest BCUT2D eigenvalue weighted by Gasteiger charge is -2.21. The Balaban J connectivity index is 1.55. The van der Waals surface area contributed by atoms with Gasteiger partial charge in [0.2, 0.25) is 5.91 Å². The van der Waals surface area contributed by atoms with Crippen molar-refractivity contribution in [2.75, 3.05) is 6.54 Å². The number of imidazole rings is 1. The van der Waals surface area contributed by atoms with Gasteiger partial charge in [-0.3, -0.25) is 4.79 Å². The summed E-state index contributed by atoms with van der Waals surface area (Å²) < 4.78 is 0. The van der Waals surface area contributed by atoms with Crippen molar-refractivity contribution in [3.8, 4) is 0 Å². The highest BCUT2D eigenvalue weighted by molar-refractivity contribution is 6.30. The number of carbonyl (C=O) groups excluding carboxylic acids is 1. The summed E-state index contributed by atoms with van der Waals surface area (Å²) >= 11 is 5.99. The molecule has 1 atom stereocenters. The van der Waals surface area contributed by atoms with E-state index in [-0.39, 0.29) is 11.9 Å². The minimum atomic E-state index is 0.00271. The zero-order chi connectivity index (χ0) is 17.2. The number of rotatable bonds is 3. The van der Waals surface area contributed by atoms with Crippen LogP contribution in [0.4, 0.5) is 0 Å². The van der Waals surface area contributed by atoms with Gasteiger partial charge in [0, 0.05) is 17.6 Å². The standard InChI is InChI=1S/C20H18ClN3O/c21-15-6-3-5-14(13-15)10-11-19(25)24-12-4-9-18(24)20-22-16-7-1-2-8-17(16)23-20/h1-3,5-8,10-11,13,18H,4,9,12H2,(H,22,23)/b11-10+/t18-/m1/s1. The summed E-state index contributed by atoms with van der Waals surface area (Å²) in [5.41, 5.74) is 2.86. The van der Waals surface area contributed by atoms with Crippen LogP contribution in [-0.4, -0.2) is 27.3 Å². The van der Waals surface area contributed by atoms with Gasteiger partial charge in [0.25, 0.3) is 0 Å². The molecule has 1 N–H and O–H groups in total. The van der Waals surface area contributed by atoms with E-state index in [4.69, 9.17) is 11.6 Å². The second kappa shape index (κ2) is 6.73. The van der Waals surface area contributed by atoms with Crippen molar-refractivity contribution < 1.29 is 4.79 Å². The Kier molecular flexibility index (Phi) is 4.28. The number of hydrogen-bond donors (Lipinski definition) is 1. The van der Waals surface area contributed by atoms with E-state index in [1.807, 2.05) is 59.5 Å².